The zero-order valence-corrected chi connectivity index (χ0v) is 12.0. The number of aromatic nitrogens is 3. The third-order valence-corrected chi connectivity index (χ3v) is 2.88. The molecular formula is C13H16N4O4. The van der Waals surface area contributed by atoms with Crippen molar-refractivity contribution in [3.8, 4) is 11.6 Å². The number of rotatable bonds is 0. The zero-order valence-electron chi connectivity index (χ0n) is 12.0. The van der Waals surface area contributed by atoms with E-state index in [1.54, 1.807) is 26.8 Å². The SMILES string of the molecule is CC(C)(C)OC(=O)N1CCOc2c1nc1ccnn1c2O. The lowest BCUT2D eigenvalue weighted by molar-refractivity contribution is 0.0565. The molecular weight excluding hydrogens is 276 g/mol. The minimum absolute atomic E-state index is 0.128. The van der Waals surface area contributed by atoms with E-state index < -0.39 is 11.7 Å². The summed E-state index contributed by atoms with van der Waals surface area (Å²) < 4.78 is 12.0. The summed E-state index contributed by atoms with van der Waals surface area (Å²) in [6.45, 7) is 5.92. The van der Waals surface area contributed by atoms with Crippen molar-refractivity contribution in [2.24, 2.45) is 0 Å². The highest BCUT2D eigenvalue weighted by Crippen LogP contribution is 2.38. The average molecular weight is 292 g/mol. The van der Waals surface area contributed by atoms with Crippen molar-refractivity contribution < 1.29 is 19.4 Å². The third-order valence-electron chi connectivity index (χ3n) is 2.88. The largest absolute Gasteiger partial charge is 0.490 e. The van der Waals surface area contributed by atoms with Gasteiger partial charge in [-0.25, -0.2) is 9.78 Å². The number of carbonyl (C=O) groups is 1. The van der Waals surface area contributed by atoms with E-state index >= 15 is 0 Å². The second-order valence-corrected chi connectivity index (χ2v) is 5.67. The highest BCUT2D eigenvalue weighted by atomic mass is 16.6. The van der Waals surface area contributed by atoms with Gasteiger partial charge in [0, 0.05) is 6.07 Å². The molecule has 1 aliphatic heterocycles. The molecule has 8 nitrogen and oxygen atoms in total. The molecule has 3 rings (SSSR count). The Hall–Kier alpha value is -2.51. The Balaban J connectivity index is 2.05. The van der Waals surface area contributed by atoms with Gasteiger partial charge in [0.15, 0.2) is 11.5 Å². The Kier molecular flexibility index (Phi) is 2.89. The first-order valence-corrected chi connectivity index (χ1v) is 6.57. The van der Waals surface area contributed by atoms with Crippen molar-refractivity contribution in [3.63, 3.8) is 0 Å². The Labute approximate surface area is 120 Å². The summed E-state index contributed by atoms with van der Waals surface area (Å²) in [5.74, 6) is 0.178. The number of hydrogen-bond donors (Lipinski definition) is 1. The fraction of sp³-hybridized carbons (Fsp3) is 0.462. The molecule has 0 saturated carbocycles. The van der Waals surface area contributed by atoms with E-state index in [0.717, 1.165) is 0 Å². The van der Waals surface area contributed by atoms with Crippen LogP contribution in [0.1, 0.15) is 20.8 Å². The summed E-state index contributed by atoms with van der Waals surface area (Å²) >= 11 is 0. The maximum Gasteiger partial charge on any atom is 0.416 e. The van der Waals surface area contributed by atoms with Gasteiger partial charge in [-0.2, -0.15) is 9.61 Å². The molecule has 1 N–H and O–H groups in total. The number of carbonyl (C=O) groups excluding carboxylic acids is 1. The molecule has 1 amide bonds. The maximum absolute atomic E-state index is 12.3. The summed E-state index contributed by atoms with van der Waals surface area (Å²) in [4.78, 5) is 17.9. The number of ether oxygens (including phenoxy) is 2. The van der Waals surface area contributed by atoms with Gasteiger partial charge in [-0.1, -0.05) is 0 Å². The number of anilines is 1. The molecule has 0 atom stereocenters. The van der Waals surface area contributed by atoms with Gasteiger partial charge in [-0.15, -0.1) is 0 Å². The highest BCUT2D eigenvalue weighted by molar-refractivity contribution is 5.90. The second-order valence-electron chi connectivity index (χ2n) is 5.67. The third kappa shape index (κ3) is 2.32. The van der Waals surface area contributed by atoms with Crippen molar-refractivity contribution in [1.82, 2.24) is 14.6 Å². The van der Waals surface area contributed by atoms with E-state index in [4.69, 9.17) is 9.47 Å². The predicted molar refractivity (Wildman–Crippen MR) is 73.7 cm³/mol. The molecule has 112 valence electrons. The summed E-state index contributed by atoms with van der Waals surface area (Å²) in [6.07, 6.45) is 0.980. The van der Waals surface area contributed by atoms with Crippen LogP contribution in [0.3, 0.4) is 0 Å². The molecule has 0 aliphatic carbocycles. The van der Waals surface area contributed by atoms with Crippen molar-refractivity contribution in [2.45, 2.75) is 26.4 Å². The monoisotopic (exact) mass is 292 g/mol. The summed E-state index contributed by atoms with van der Waals surface area (Å²) in [5.41, 5.74) is -0.191. The summed E-state index contributed by atoms with van der Waals surface area (Å²) in [7, 11) is 0. The normalized spacial score (nSPS) is 14.7. The number of amides is 1. The van der Waals surface area contributed by atoms with E-state index in [1.165, 1.54) is 15.6 Å². The summed E-state index contributed by atoms with van der Waals surface area (Å²) in [5, 5.41) is 14.1. The zero-order chi connectivity index (χ0) is 15.2. The van der Waals surface area contributed by atoms with Crippen LogP contribution in [0.25, 0.3) is 5.65 Å². The molecule has 0 aromatic carbocycles. The van der Waals surface area contributed by atoms with Gasteiger partial charge in [0.1, 0.15) is 12.2 Å². The molecule has 0 spiro atoms. The molecule has 8 heteroatoms. The number of nitrogens with zero attached hydrogens (tertiary/aromatic N) is 4. The maximum atomic E-state index is 12.3. The topological polar surface area (TPSA) is 89.2 Å². The van der Waals surface area contributed by atoms with E-state index in [2.05, 4.69) is 10.1 Å². The average Bonchev–Trinajstić information content (AvgIpc) is 2.85. The van der Waals surface area contributed by atoms with Crippen LogP contribution in [0.4, 0.5) is 10.6 Å². The van der Waals surface area contributed by atoms with Crippen LogP contribution in [0, 0.1) is 0 Å². The van der Waals surface area contributed by atoms with E-state index in [9.17, 15) is 9.90 Å². The molecule has 21 heavy (non-hydrogen) atoms. The smallest absolute Gasteiger partial charge is 0.416 e. The van der Waals surface area contributed by atoms with Gasteiger partial charge >= 0.3 is 6.09 Å². The molecule has 2 aromatic rings. The van der Waals surface area contributed by atoms with Gasteiger partial charge < -0.3 is 14.6 Å². The van der Waals surface area contributed by atoms with Crippen molar-refractivity contribution in [1.29, 1.82) is 0 Å². The lowest BCUT2D eigenvalue weighted by Crippen LogP contribution is -2.42. The molecule has 0 radical (unpaired) electrons. The van der Waals surface area contributed by atoms with Crippen LogP contribution in [0.5, 0.6) is 11.6 Å². The van der Waals surface area contributed by atoms with Crippen LogP contribution in [0.2, 0.25) is 0 Å². The highest BCUT2D eigenvalue weighted by Gasteiger charge is 2.32. The Bertz CT molecular complexity index is 704. The van der Waals surface area contributed by atoms with Crippen LogP contribution in [-0.4, -0.2) is 44.6 Å². The Morgan fingerprint density at radius 2 is 2.24 bits per heavy atom. The van der Waals surface area contributed by atoms with Crippen LogP contribution in [-0.2, 0) is 4.74 Å². The standard InChI is InChI=1S/C13H16N4O4/c1-13(2,3)21-12(19)16-6-7-20-9-10(16)15-8-4-5-14-17(8)11(9)18/h4-5,18H,6-7H2,1-3H3. The van der Waals surface area contributed by atoms with Gasteiger partial charge in [-0.3, -0.25) is 4.90 Å². The Morgan fingerprint density at radius 3 is 2.95 bits per heavy atom. The van der Waals surface area contributed by atoms with Gasteiger partial charge in [0.2, 0.25) is 5.75 Å². The predicted octanol–water partition coefficient (Wildman–Crippen LogP) is 1.57. The molecule has 0 fully saturated rings. The lowest BCUT2D eigenvalue weighted by Gasteiger charge is -2.30. The molecule has 0 saturated heterocycles. The van der Waals surface area contributed by atoms with E-state index in [0.29, 0.717) is 12.2 Å². The van der Waals surface area contributed by atoms with Crippen molar-refractivity contribution in [2.75, 3.05) is 18.1 Å². The van der Waals surface area contributed by atoms with E-state index in [1.807, 2.05) is 0 Å². The first-order chi connectivity index (χ1) is 9.87. The second kappa shape index (κ2) is 4.51. The number of hydrogen-bond acceptors (Lipinski definition) is 6. The van der Waals surface area contributed by atoms with Gasteiger partial charge in [0.25, 0.3) is 5.88 Å². The first-order valence-electron chi connectivity index (χ1n) is 6.57. The lowest BCUT2D eigenvalue weighted by atomic mass is 10.2. The van der Waals surface area contributed by atoms with Crippen LogP contribution in [0.15, 0.2) is 12.3 Å². The molecule has 0 bridgehead atoms. The molecule has 2 aromatic heterocycles. The van der Waals surface area contributed by atoms with Gasteiger partial charge in [0.05, 0.1) is 12.7 Å². The number of fused-ring (bicyclic) bond motifs is 2. The van der Waals surface area contributed by atoms with Crippen molar-refractivity contribution in [3.05, 3.63) is 12.3 Å². The minimum Gasteiger partial charge on any atom is -0.490 e. The quantitative estimate of drug-likeness (QED) is 0.792. The first kappa shape index (κ1) is 13.5. The molecule has 0 unspecified atom stereocenters. The fourth-order valence-electron chi connectivity index (χ4n) is 2.05. The van der Waals surface area contributed by atoms with Crippen LogP contribution >= 0.6 is 0 Å². The minimum atomic E-state index is -0.613. The van der Waals surface area contributed by atoms with Crippen LogP contribution < -0.4 is 9.64 Å². The number of aromatic hydroxyl groups is 1. The molecule has 3 heterocycles. The molecule has 1 aliphatic rings. The van der Waals surface area contributed by atoms with Gasteiger partial charge in [-0.05, 0) is 20.8 Å². The van der Waals surface area contributed by atoms with E-state index in [-0.39, 0.29) is 24.1 Å². The van der Waals surface area contributed by atoms with Crippen molar-refractivity contribution >= 4 is 17.6 Å². The Morgan fingerprint density at radius 1 is 1.48 bits per heavy atom. The summed E-state index contributed by atoms with van der Waals surface area (Å²) in [6, 6.07) is 1.63. The fourth-order valence-corrected chi connectivity index (χ4v) is 2.05.